The van der Waals surface area contributed by atoms with Gasteiger partial charge in [-0.05, 0) is 55.5 Å². The third kappa shape index (κ3) is 2.63. The van der Waals surface area contributed by atoms with Gasteiger partial charge in [-0.2, -0.15) is 0 Å². The Hall–Kier alpha value is -1.06. The number of anilines is 1. The van der Waals surface area contributed by atoms with Crippen molar-refractivity contribution in [2.45, 2.75) is 31.8 Å². The van der Waals surface area contributed by atoms with Gasteiger partial charge in [0.15, 0.2) is 0 Å². The average molecular weight is 260 g/mol. The molecular formula is C16H24N2O. The number of hydrogen-bond acceptors (Lipinski definition) is 3. The standard InChI is InChI=1S/C16H24N2O/c1-18-10-14(8-12-4-6-17-7-5-12)15-9-13(11-19)2-3-16(15)18/h2-3,9,12,14,17,19H,4-8,10-11H2,1H3. The van der Waals surface area contributed by atoms with Gasteiger partial charge in [-0.1, -0.05) is 12.1 Å². The summed E-state index contributed by atoms with van der Waals surface area (Å²) < 4.78 is 0. The van der Waals surface area contributed by atoms with Gasteiger partial charge >= 0.3 is 0 Å². The third-order valence-electron chi connectivity index (χ3n) is 4.70. The number of piperidine rings is 1. The Morgan fingerprint density at radius 1 is 1.32 bits per heavy atom. The highest BCUT2D eigenvalue weighted by Crippen LogP contribution is 2.40. The molecular weight excluding hydrogens is 236 g/mol. The Morgan fingerprint density at radius 3 is 2.84 bits per heavy atom. The second-order valence-electron chi connectivity index (χ2n) is 6.06. The minimum absolute atomic E-state index is 0.150. The first-order valence-electron chi connectivity index (χ1n) is 7.43. The molecule has 0 spiro atoms. The molecule has 1 saturated heterocycles. The number of benzene rings is 1. The lowest BCUT2D eigenvalue weighted by Gasteiger charge is -2.25. The summed E-state index contributed by atoms with van der Waals surface area (Å²) in [6.07, 6.45) is 3.93. The normalized spacial score (nSPS) is 23.7. The minimum Gasteiger partial charge on any atom is -0.392 e. The largest absolute Gasteiger partial charge is 0.392 e. The summed E-state index contributed by atoms with van der Waals surface area (Å²) in [7, 11) is 2.18. The van der Waals surface area contributed by atoms with Crippen molar-refractivity contribution in [3.8, 4) is 0 Å². The molecule has 0 saturated carbocycles. The summed E-state index contributed by atoms with van der Waals surface area (Å²) in [5, 5.41) is 12.8. The molecule has 0 aliphatic carbocycles. The highest BCUT2D eigenvalue weighted by atomic mass is 16.3. The molecule has 2 aliphatic heterocycles. The van der Waals surface area contributed by atoms with Crippen LogP contribution in [0.2, 0.25) is 0 Å². The van der Waals surface area contributed by atoms with Crippen LogP contribution in [0.15, 0.2) is 18.2 Å². The zero-order valence-electron chi connectivity index (χ0n) is 11.7. The molecule has 2 heterocycles. The summed E-state index contributed by atoms with van der Waals surface area (Å²) in [6, 6.07) is 6.43. The lowest BCUT2D eigenvalue weighted by atomic mass is 9.85. The molecule has 3 heteroatoms. The van der Waals surface area contributed by atoms with E-state index in [1.54, 1.807) is 0 Å². The molecule has 0 aromatic heterocycles. The Morgan fingerprint density at radius 2 is 2.11 bits per heavy atom. The SMILES string of the molecule is CN1CC(CC2CCNCC2)c2cc(CO)ccc21. The van der Waals surface area contributed by atoms with Gasteiger partial charge in [0.25, 0.3) is 0 Å². The van der Waals surface area contributed by atoms with Gasteiger partial charge in [-0.15, -0.1) is 0 Å². The van der Waals surface area contributed by atoms with Crippen LogP contribution in [0.3, 0.4) is 0 Å². The van der Waals surface area contributed by atoms with Crippen LogP contribution < -0.4 is 10.2 Å². The molecule has 0 bridgehead atoms. The Bertz CT molecular complexity index is 440. The monoisotopic (exact) mass is 260 g/mol. The van der Waals surface area contributed by atoms with E-state index in [1.807, 2.05) is 6.07 Å². The molecule has 0 amide bonds. The number of nitrogens with zero attached hydrogens (tertiary/aromatic N) is 1. The van der Waals surface area contributed by atoms with Crippen molar-refractivity contribution in [1.29, 1.82) is 0 Å². The maximum Gasteiger partial charge on any atom is 0.0681 e. The molecule has 19 heavy (non-hydrogen) atoms. The first kappa shape index (κ1) is 12.9. The molecule has 2 N–H and O–H groups in total. The molecule has 1 aromatic carbocycles. The van der Waals surface area contributed by atoms with Crippen LogP contribution in [-0.4, -0.2) is 31.8 Å². The fourth-order valence-electron chi connectivity index (χ4n) is 3.63. The van der Waals surface area contributed by atoms with E-state index >= 15 is 0 Å². The lowest BCUT2D eigenvalue weighted by molar-refractivity contribution is 0.281. The third-order valence-corrected chi connectivity index (χ3v) is 4.70. The number of rotatable bonds is 3. The van der Waals surface area contributed by atoms with Crippen molar-refractivity contribution in [2.75, 3.05) is 31.6 Å². The van der Waals surface area contributed by atoms with Crippen LogP contribution >= 0.6 is 0 Å². The summed E-state index contributed by atoms with van der Waals surface area (Å²) in [6.45, 7) is 3.64. The van der Waals surface area contributed by atoms with Crippen molar-refractivity contribution in [2.24, 2.45) is 5.92 Å². The number of fused-ring (bicyclic) bond motifs is 1. The molecule has 1 atom stereocenters. The topological polar surface area (TPSA) is 35.5 Å². The van der Waals surface area contributed by atoms with E-state index in [2.05, 4.69) is 29.4 Å². The highest BCUT2D eigenvalue weighted by Gasteiger charge is 2.29. The molecule has 3 rings (SSSR count). The van der Waals surface area contributed by atoms with Gasteiger partial charge in [-0.3, -0.25) is 0 Å². The Kier molecular flexibility index (Phi) is 3.76. The second-order valence-corrected chi connectivity index (χ2v) is 6.06. The van der Waals surface area contributed by atoms with Gasteiger partial charge in [0.2, 0.25) is 0 Å². The average Bonchev–Trinajstić information content (AvgIpc) is 2.76. The first-order valence-corrected chi connectivity index (χ1v) is 7.43. The quantitative estimate of drug-likeness (QED) is 0.873. The fraction of sp³-hybridized carbons (Fsp3) is 0.625. The zero-order chi connectivity index (χ0) is 13.2. The van der Waals surface area contributed by atoms with Crippen LogP contribution in [0.25, 0.3) is 0 Å². The van der Waals surface area contributed by atoms with Crippen molar-refractivity contribution in [3.63, 3.8) is 0 Å². The first-order chi connectivity index (χ1) is 9.28. The van der Waals surface area contributed by atoms with Crippen molar-refractivity contribution < 1.29 is 5.11 Å². The zero-order valence-corrected chi connectivity index (χ0v) is 11.7. The molecule has 1 fully saturated rings. The van der Waals surface area contributed by atoms with Crippen molar-refractivity contribution in [3.05, 3.63) is 29.3 Å². The molecule has 1 unspecified atom stereocenters. The second kappa shape index (κ2) is 5.51. The number of nitrogens with one attached hydrogen (secondary N) is 1. The minimum atomic E-state index is 0.150. The number of aliphatic hydroxyl groups excluding tert-OH is 1. The van der Waals surface area contributed by atoms with E-state index in [1.165, 1.54) is 43.6 Å². The van der Waals surface area contributed by atoms with Crippen LogP contribution in [0.5, 0.6) is 0 Å². The van der Waals surface area contributed by atoms with Gasteiger partial charge in [0.1, 0.15) is 0 Å². The van der Waals surface area contributed by atoms with E-state index in [4.69, 9.17) is 0 Å². The smallest absolute Gasteiger partial charge is 0.0681 e. The molecule has 1 aromatic rings. The van der Waals surface area contributed by atoms with Crippen molar-refractivity contribution in [1.82, 2.24) is 5.32 Å². The number of hydrogen-bond donors (Lipinski definition) is 2. The predicted molar refractivity (Wildman–Crippen MR) is 78.6 cm³/mol. The van der Waals surface area contributed by atoms with E-state index in [-0.39, 0.29) is 6.61 Å². The Labute approximate surface area is 115 Å². The molecule has 2 aliphatic rings. The van der Waals surface area contributed by atoms with E-state index < -0.39 is 0 Å². The maximum absolute atomic E-state index is 9.32. The summed E-state index contributed by atoms with van der Waals surface area (Å²) in [5.74, 6) is 1.51. The summed E-state index contributed by atoms with van der Waals surface area (Å²) >= 11 is 0. The van der Waals surface area contributed by atoms with E-state index in [0.29, 0.717) is 5.92 Å². The van der Waals surface area contributed by atoms with Crippen molar-refractivity contribution >= 4 is 5.69 Å². The summed E-state index contributed by atoms with van der Waals surface area (Å²) in [5.41, 5.74) is 3.85. The summed E-state index contributed by atoms with van der Waals surface area (Å²) in [4.78, 5) is 2.36. The van der Waals surface area contributed by atoms with Crippen LogP contribution in [0.1, 0.15) is 36.3 Å². The van der Waals surface area contributed by atoms with Crippen LogP contribution in [-0.2, 0) is 6.61 Å². The van der Waals surface area contributed by atoms with Gasteiger partial charge in [-0.25, -0.2) is 0 Å². The maximum atomic E-state index is 9.32. The van der Waals surface area contributed by atoms with E-state index in [0.717, 1.165) is 18.0 Å². The van der Waals surface area contributed by atoms with Gasteiger partial charge in [0.05, 0.1) is 6.61 Å². The molecule has 3 nitrogen and oxygen atoms in total. The predicted octanol–water partition coefficient (Wildman–Crippen LogP) is 2.10. The van der Waals surface area contributed by atoms with Crippen LogP contribution in [0.4, 0.5) is 5.69 Å². The fourth-order valence-corrected chi connectivity index (χ4v) is 3.63. The van der Waals surface area contributed by atoms with Crippen LogP contribution in [0, 0.1) is 5.92 Å². The van der Waals surface area contributed by atoms with E-state index in [9.17, 15) is 5.11 Å². The molecule has 0 radical (unpaired) electrons. The molecule has 104 valence electrons. The Balaban J connectivity index is 1.77. The number of likely N-dealkylation sites (N-methyl/N-ethyl adjacent to an activating group) is 1. The van der Waals surface area contributed by atoms with Gasteiger partial charge < -0.3 is 15.3 Å². The highest BCUT2D eigenvalue weighted by molar-refractivity contribution is 5.60. The lowest BCUT2D eigenvalue weighted by Crippen LogP contribution is -2.29. The number of aliphatic hydroxyl groups is 1. The van der Waals surface area contributed by atoms with Gasteiger partial charge in [0, 0.05) is 25.2 Å².